The number of amides is 1. The van der Waals surface area contributed by atoms with Crippen LogP contribution in [0.1, 0.15) is 50.9 Å². The second-order valence-corrected chi connectivity index (χ2v) is 7.04. The molecule has 0 radical (unpaired) electrons. The van der Waals surface area contributed by atoms with Gasteiger partial charge in [0.1, 0.15) is 6.54 Å². The number of nitrogens with one attached hydrogen (secondary N) is 1. The maximum absolute atomic E-state index is 12.9. The highest BCUT2D eigenvalue weighted by molar-refractivity contribution is 6.06. The van der Waals surface area contributed by atoms with Gasteiger partial charge in [0, 0.05) is 11.5 Å². The molecule has 0 aliphatic heterocycles. The van der Waals surface area contributed by atoms with Crippen LogP contribution in [0.15, 0.2) is 42.6 Å². The highest BCUT2D eigenvalue weighted by Crippen LogP contribution is 2.22. The number of aromatic nitrogens is 1. The molecule has 1 N–H and O–H groups in total. The van der Waals surface area contributed by atoms with Crippen LogP contribution in [0.5, 0.6) is 5.88 Å². The van der Waals surface area contributed by atoms with Gasteiger partial charge in [-0.15, -0.1) is 0 Å². The number of ether oxygens (including phenoxy) is 1. The van der Waals surface area contributed by atoms with Crippen molar-refractivity contribution in [3.63, 3.8) is 0 Å². The number of hydrogen-bond acceptors (Lipinski definition) is 3. The molecule has 2 aromatic rings. The molecular weight excluding hydrogens is 350 g/mol. The Bertz CT molecular complexity index is 798. The maximum Gasteiger partial charge on any atom is 0.252 e. The van der Waals surface area contributed by atoms with Crippen molar-refractivity contribution < 1.29 is 14.0 Å². The molecule has 1 aromatic heterocycles. The summed E-state index contributed by atoms with van der Waals surface area (Å²) in [6, 6.07) is 9.48. The van der Waals surface area contributed by atoms with Crippen LogP contribution in [0, 0.1) is 0 Å². The van der Waals surface area contributed by atoms with Crippen molar-refractivity contribution >= 4 is 16.8 Å². The number of unbranched alkanes of at least 4 members (excludes halogenated alkanes) is 1. The number of hydrogen-bond donors (Lipinski definition) is 1. The lowest BCUT2D eigenvalue weighted by Crippen LogP contribution is -2.47. The summed E-state index contributed by atoms with van der Waals surface area (Å²) in [6.45, 7) is 12.6. The molecule has 0 spiro atoms. The van der Waals surface area contributed by atoms with Gasteiger partial charge < -0.3 is 10.1 Å². The third-order valence-corrected chi connectivity index (χ3v) is 5.25. The Morgan fingerprint density at radius 3 is 2.64 bits per heavy atom. The molecule has 0 unspecified atom stereocenters. The third-order valence-electron chi connectivity index (χ3n) is 5.25. The minimum Gasteiger partial charge on any atom is -0.478 e. The van der Waals surface area contributed by atoms with E-state index in [2.05, 4.69) is 43.3 Å². The zero-order chi connectivity index (χ0) is 20.4. The summed E-state index contributed by atoms with van der Waals surface area (Å²) in [6.07, 6.45) is 6.33. The first-order valence-electron chi connectivity index (χ1n) is 10.4. The number of rotatable bonds is 11. The number of para-hydroxylation sites is 1. The zero-order valence-corrected chi connectivity index (χ0v) is 17.7. The molecule has 0 aliphatic rings. The van der Waals surface area contributed by atoms with E-state index in [0.29, 0.717) is 24.6 Å². The average Bonchev–Trinajstić information content (AvgIpc) is 2.72. The summed E-state index contributed by atoms with van der Waals surface area (Å²) < 4.78 is 6.63. The summed E-state index contributed by atoms with van der Waals surface area (Å²) >= 11 is 0. The standard InChI is InChI=1S/C23H33N3O2/c1-5-9-17-28-22-18-20(19-12-10-11-13-21(19)25-22)23(27)24-14-16-26(7-3,8-4)15-6-2/h6,10-13,15,18H,5,7-9,14,16-17H2,1-4H3/p+1/b15-6+. The topological polar surface area (TPSA) is 51.2 Å². The highest BCUT2D eigenvalue weighted by atomic mass is 16.5. The van der Waals surface area contributed by atoms with Crippen molar-refractivity contribution in [3.8, 4) is 5.88 Å². The van der Waals surface area contributed by atoms with E-state index in [9.17, 15) is 4.79 Å². The quantitative estimate of drug-likeness (QED) is 0.457. The van der Waals surface area contributed by atoms with E-state index < -0.39 is 0 Å². The van der Waals surface area contributed by atoms with Crippen LogP contribution in [0.4, 0.5) is 0 Å². The lowest BCUT2D eigenvalue weighted by molar-refractivity contribution is -0.874. The molecule has 1 heterocycles. The van der Waals surface area contributed by atoms with E-state index in [1.165, 1.54) is 0 Å². The van der Waals surface area contributed by atoms with Crippen LogP contribution in [-0.4, -0.2) is 48.2 Å². The Morgan fingerprint density at radius 1 is 1.21 bits per heavy atom. The molecule has 0 saturated carbocycles. The Kier molecular flexibility index (Phi) is 8.45. The van der Waals surface area contributed by atoms with Crippen molar-refractivity contribution in [2.45, 2.75) is 40.5 Å². The molecule has 0 aliphatic carbocycles. The first-order valence-corrected chi connectivity index (χ1v) is 10.4. The van der Waals surface area contributed by atoms with E-state index >= 15 is 0 Å². The molecule has 0 fully saturated rings. The van der Waals surface area contributed by atoms with Gasteiger partial charge in [0.25, 0.3) is 5.91 Å². The highest BCUT2D eigenvalue weighted by Gasteiger charge is 2.20. The van der Waals surface area contributed by atoms with Crippen molar-refractivity contribution in [1.82, 2.24) is 10.3 Å². The number of fused-ring (bicyclic) bond motifs is 1. The predicted molar refractivity (Wildman–Crippen MR) is 116 cm³/mol. The molecule has 28 heavy (non-hydrogen) atoms. The van der Waals surface area contributed by atoms with Crippen LogP contribution in [0.25, 0.3) is 10.9 Å². The summed E-state index contributed by atoms with van der Waals surface area (Å²) in [7, 11) is 0. The van der Waals surface area contributed by atoms with Gasteiger partial charge in [0.15, 0.2) is 0 Å². The minimum atomic E-state index is -0.0790. The molecule has 5 heteroatoms. The van der Waals surface area contributed by atoms with E-state index in [-0.39, 0.29) is 5.91 Å². The monoisotopic (exact) mass is 384 g/mol. The Labute approximate surface area is 169 Å². The van der Waals surface area contributed by atoms with Crippen LogP contribution in [0.3, 0.4) is 0 Å². The van der Waals surface area contributed by atoms with E-state index in [4.69, 9.17) is 4.74 Å². The van der Waals surface area contributed by atoms with Gasteiger partial charge in [-0.05, 0) is 39.3 Å². The fraction of sp³-hybridized carbons (Fsp3) is 0.478. The molecule has 0 saturated heterocycles. The maximum atomic E-state index is 12.9. The van der Waals surface area contributed by atoms with Gasteiger partial charge in [-0.3, -0.25) is 9.28 Å². The number of nitrogens with zero attached hydrogens (tertiary/aromatic N) is 2. The predicted octanol–water partition coefficient (Wildman–Crippen LogP) is 4.53. The summed E-state index contributed by atoms with van der Waals surface area (Å²) in [4.78, 5) is 17.5. The number of benzene rings is 1. The Morgan fingerprint density at radius 2 is 1.96 bits per heavy atom. The number of carbonyl (C=O) groups is 1. The van der Waals surface area contributed by atoms with Gasteiger partial charge in [0.05, 0.1) is 43.5 Å². The normalized spacial score (nSPS) is 11.9. The van der Waals surface area contributed by atoms with Gasteiger partial charge in [-0.25, -0.2) is 4.98 Å². The van der Waals surface area contributed by atoms with Crippen molar-refractivity contribution in [2.75, 3.05) is 32.8 Å². The second-order valence-electron chi connectivity index (χ2n) is 7.04. The van der Waals surface area contributed by atoms with Crippen LogP contribution < -0.4 is 10.1 Å². The summed E-state index contributed by atoms with van der Waals surface area (Å²) in [5.41, 5.74) is 1.40. The third kappa shape index (κ3) is 5.55. The average molecular weight is 385 g/mol. The number of carbonyl (C=O) groups excluding carboxylic acids is 1. The molecule has 1 amide bonds. The molecule has 0 bridgehead atoms. The molecule has 0 atom stereocenters. The van der Waals surface area contributed by atoms with Gasteiger partial charge in [-0.2, -0.15) is 0 Å². The Balaban J connectivity index is 2.17. The first kappa shape index (κ1) is 21.9. The van der Waals surface area contributed by atoms with Crippen molar-refractivity contribution in [3.05, 3.63) is 48.2 Å². The Hall–Kier alpha value is -2.40. The SMILES string of the molecule is C/C=C/[N+](CC)(CC)CCNC(=O)c1cc(OCCCC)nc2ccccc12. The number of quaternary nitrogens is 1. The number of likely N-dealkylation sites (N-methyl/N-ethyl adjacent to an activating group) is 1. The second kappa shape index (κ2) is 10.8. The molecule has 152 valence electrons. The van der Waals surface area contributed by atoms with Crippen LogP contribution >= 0.6 is 0 Å². The fourth-order valence-electron chi connectivity index (χ4n) is 3.36. The van der Waals surface area contributed by atoms with Crippen LogP contribution in [-0.2, 0) is 0 Å². The molecule has 5 nitrogen and oxygen atoms in total. The minimum absolute atomic E-state index is 0.0790. The number of pyridine rings is 1. The molecular formula is C23H34N3O2+. The van der Waals surface area contributed by atoms with Crippen LogP contribution in [0.2, 0.25) is 0 Å². The molecule has 2 rings (SSSR count). The van der Waals surface area contributed by atoms with E-state index in [1.54, 1.807) is 6.07 Å². The van der Waals surface area contributed by atoms with E-state index in [0.717, 1.165) is 47.9 Å². The van der Waals surface area contributed by atoms with Gasteiger partial charge >= 0.3 is 0 Å². The lowest BCUT2D eigenvalue weighted by atomic mass is 10.1. The van der Waals surface area contributed by atoms with Gasteiger partial charge in [0.2, 0.25) is 5.88 Å². The smallest absolute Gasteiger partial charge is 0.252 e. The lowest BCUT2D eigenvalue weighted by Gasteiger charge is -2.32. The van der Waals surface area contributed by atoms with Crippen molar-refractivity contribution in [1.29, 1.82) is 0 Å². The zero-order valence-electron chi connectivity index (χ0n) is 17.7. The van der Waals surface area contributed by atoms with Crippen molar-refractivity contribution in [2.24, 2.45) is 0 Å². The summed E-state index contributed by atoms with van der Waals surface area (Å²) in [5.74, 6) is 0.434. The largest absolute Gasteiger partial charge is 0.478 e. The van der Waals surface area contributed by atoms with Gasteiger partial charge in [-0.1, -0.05) is 31.5 Å². The summed E-state index contributed by atoms with van der Waals surface area (Å²) in [5, 5.41) is 3.95. The first-order chi connectivity index (χ1) is 13.6. The fourth-order valence-corrected chi connectivity index (χ4v) is 3.36. The number of allylic oxidation sites excluding steroid dienone is 1. The molecule has 1 aromatic carbocycles. The van der Waals surface area contributed by atoms with E-state index in [1.807, 2.05) is 31.2 Å².